The van der Waals surface area contributed by atoms with Crippen molar-refractivity contribution in [2.45, 2.75) is 49.5 Å². The highest BCUT2D eigenvalue weighted by atomic mass is 35.5. The van der Waals surface area contributed by atoms with E-state index in [4.69, 9.17) is 21.1 Å². The Morgan fingerprint density at radius 3 is 2.24 bits per heavy atom. The summed E-state index contributed by atoms with van der Waals surface area (Å²) < 4.78 is 120. The molecule has 0 aliphatic heterocycles. The number of hydrogen-bond donors (Lipinski definition) is 1. The van der Waals surface area contributed by atoms with Crippen LogP contribution in [0.1, 0.15) is 47.3 Å². The molecule has 2 aliphatic carbocycles. The highest BCUT2D eigenvalue weighted by Gasteiger charge is 2.64. The molecule has 49 heavy (non-hydrogen) atoms. The number of carbonyl (C=O) groups excluding carboxylic acids is 2. The van der Waals surface area contributed by atoms with Crippen LogP contribution in [-0.4, -0.2) is 72.7 Å². The number of amides is 1. The van der Waals surface area contributed by atoms with Crippen LogP contribution in [0.2, 0.25) is 5.02 Å². The van der Waals surface area contributed by atoms with E-state index in [0.29, 0.717) is 11.7 Å². The molecule has 1 N–H and O–H groups in total. The highest BCUT2D eigenvalue weighted by Crippen LogP contribution is 2.49. The maximum Gasteiger partial charge on any atom is 0.510 e. The zero-order valence-electron chi connectivity index (χ0n) is 24.7. The second-order valence-corrected chi connectivity index (χ2v) is 11.8. The number of carboxylic acids is 1. The maximum absolute atomic E-state index is 14.1. The van der Waals surface area contributed by atoms with Gasteiger partial charge in [-0.2, -0.15) is 50.6 Å². The van der Waals surface area contributed by atoms with Crippen molar-refractivity contribution in [3.8, 4) is 23.0 Å². The second kappa shape index (κ2) is 11.9. The third-order valence-electron chi connectivity index (χ3n) is 8.06. The minimum absolute atomic E-state index is 0.0515. The number of carbonyl (C=O) groups is 3. The van der Waals surface area contributed by atoms with Crippen LogP contribution in [0.25, 0.3) is 16.9 Å². The van der Waals surface area contributed by atoms with Crippen LogP contribution in [0.15, 0.2) is 30.6 Å². The molecule has 2 saturated carbocycles. The highest BCUT2D eigenvalue weighted by molar-refractivity contribution is 6.34. The summed E-state index contributed by atoms with van der Waals surface area (Å²) in [6, 6.07) is 5.60. The Balaban J connectivity index is 1.43. The first-order valence-corrected chi connectivity index (χ1v) is 14.3. The van der Waals surface area contributed by atoms with Crippen molar-refractivity contribution in [2.75, 3.05) is 13.3 Å². The van der Waals surface area contributed by atoms with Gasteiger partial charge in [0, 0.05) is 18.8 Å². The monoisotopic (exact) mass is 724 g/mol. The van der Waals surface area contributed by atoms with Crippen molar-refractivity contribution in [3.05, 3.63) is 52.4 Å². The number of nitriles is 1. The summed E-state index contributed by atoms with van der Waals surface area (Å²) in [7, 11) is 0.715. The van der Waals surface area contributed by atoms with Gasteiger partial charge in [-0.3, -0.25) is 14.5 Å². The fourth-order valence-electron chi connectivity index (χ4n) is 4.86. The van der Waals surface area contributed by atoms with Crippen LogP contribution >= 0.6 is 11.6 Å². The van der Waals surface area contributed by atoms with Gasteiger partial charge in [0.2, 0.25) is 0 Å². The Morgan fingerprint density at radius 2 is 1.71 bits per heavy atom. The third kappa shape index (κ3) is 6.46. The predicted molar refractivity (Wildman–Crippen MR) is 146 cm³/mol. The van der Waals surface area contributed by atoms with Crippen LogP contribution in [0.4, 0.5) is 39.9 Å². The summed E-state index contributed by atoms with van der Waals surface area (Å²) in [5.74, 6) is -9.33. The lowest BCUT2D eigenvalue weighted by Gasteiger charge is -2.27. The van der Waals surface area contributed by atoms with E-state index in [0.717, 1.165) is 23.4 Å². The van der Waals surface area contributed by atoms with Crippen molar-refractivity contribution >= 4 is 29.6 Å². The van der Waals surface area contributed by atoms with E-state index in [-0.39, 0.29) is 52.1 Å². The smallest absolute Gasteiger partial charge is 0.481 e. The van der Waals surface area contributed by atoms with Crippen LogP contribution in [0.3, 0.4) is 0 Å². The van der Waals surface area contributed by atoms with Gasteiger partial charge in [0.05, 0.1) is 22.9 Å². The van der Waals surface area contributed by atoms with Crippen LogP contribution in [0.5, 0.6) is 0 Å². The van der Waals surface area contributed by atoms with E-state index >= 15 is 0 Å². The van der Waals surface area contributed by atoms with Crippen molar-refractivity contribution in [1.82, 2.24) is 24.5 Å². The Bertz CT molecular complexity index is 1870. The summed E-state index contributed by atoms with van der Waals surface area (Å²) in [5, 5.41) is 25.4. The number of aryl methyl sites for hydroxylation is 1. The van der Waals surface area contributed by atoms with E-state index in [1.54, 1.807) is 0 Å². The molecular formula is C28H21ClF8N6O6. The lowest BCUT2D eigenvalue weighted by atomic mass is 10.0. The molecule has 2 aliphatic rings. The van der Waals surface area contributed by atoms with Gasteiger partial charge in [-0.1, -0.05) is 17.7 Å². The fraction of sp³-hybridized carbons (Fsp3) is 0.429. The molecular weight excluding hydrogens is 704 g/mol. The van der Waals surface area contributed by atoms with Gasteiger partial charge in [0.1, 0.15) is 23.1 Å². The molecule has 262 valence electrons. The third-order valence-corrected chi connectivity index (χ3v) is 8.39. The maximum atomic E-state index is 14.1. The van der Waals surface area contributed by atoms with Gasteiger partial charge in [-0.25, -0.2) is 14.2 Å². The number of alkyl halides is 8. The van der Waals surface area contributed by atoms with E-state index in [1.165, 1.54) is 12.1 Å². The lowest BCUT2D eigenvalue weighted by Crippen LogP contribution is -2.43. The van der Waals surface area contributed by atoms with E-state index in [2.05, 4.69) is 10.2 Å². The number of benzene rings is 1. The average molecular weight is 725 g/mol. The summed E-state index contributed by atoms with van der Waals surface area (Å²) in [4.78, 5) is 38.1. The molecule has 0 atom stereocenters. The van der Waals surface area contributed by atoms with Crippen LogP contribution < -0.4 is 0 Å². The van der Waals surface area contributed by atoms with Gasteiger partial charge in [-0.05, 0) is 43.4 Å². The molecule has 2 fully saturated rings. The fourth-order valence-corrected chi connectivity index (χ4v) is 5.06. The number of ether oxygens (including phenoxy) is 2. The molecule has 2 heterocycles. The van der Waals surface area contributed by atoms with E-state index in [1.807, 2.05) is 6.07 Å². The summed E-state index contributed by atoms with van der Waals surface area (Å²) in [6.07, 6.45) is -10.7. The topological polar surface area (TPSA) is 153 Å². The number of rotatable bonds is 10. The molecule has 0 radical (unpaired) electrons. The predicted octanol–water partition coefficient (Wildman–Crippen LogP) is 6.07. The van der Waals surface area contributed by atoms with Crippen molar-refractivity contribution in [1.29, 1.82) is 5.26 Å². The lowest BCUT2D eigenvalue weighted by molar-refractivity contribution is -0.292. The minimum Gasteiger partial charge on any atom is -0.481 e. The molecule has 21 heteroatoms. The van der Waals surface area contributed by atoms with Crippen molar-refractivity contribution in [2.24, 2.45) is 12.5 Å². The summed E-state index contributed by atoms with van der Waals surface area (Å²) in [6.45, 7) is -1.29. The molecule has 0 spiro atoms. The Hall–Kier alpha value is -4.93. The molecule has 0 unspecified atom stereocenters. The number of aliphatic carboxylic acids is 1. The second-order valence-electron chi connectivity index (χ2n) is 11.4. The first-order valence-electron chi connectivity index (χ1n) is 13.9. The Labute approximate surface area is 274 Å². The first-order chi connectivity index (χ1) is 22.7. The largest absolute Gasteiger partial charge is 0.510 e. The SMILES string of the molecule is Cn1nc(C(F)(F)C(F)(F)F)c(C(F)(F)F)c1-n1cc(-c2ccc(Cl)c(C(=O)N(COC(=O)OCC3(C(=O)O)CC3)C3(C#N)CC3)c2)cn1. The number of aromatic nitrogens is 4. The quantitative estimate of drug-likeness (QED) is 0.149. The Kier molecular flexibility index (Phi) is 8.58. The first kappa shape index (κ1) is 35.4. The van der Waals surface area contributed by atoms with Gasteiger partial charge >= 0.3 is 30.4 Å². The number of carboxylic acid groups (broad SMARTS) is 1. The van der Waals surface area contributed by atoms with E-state index in [9.17, 15) is 59.9 Å². The molecule has 2 aromatic heterocycles. The van der Waals surface area contributed by atoms with Gasteiger partial charge < -0.3 is 14.6 Å². The molecule has 0 bridgehead atoms. The molecule has 1 amide bonds. The van der Waals surface area contributed by atoms with Crippen LogP contribution in [-0.2, 0) is 33.4 Å². The molecule has 0 saturated heterocycles. The molecule has 5 rings (SSSR count). The number of halogens is 9. The molecule has 1 aromatic carbocycles. The zero-order valence-corrected chi connectivity index (χ0v) is 25.5. The Morgan fingerprint density at radius 1 is 1.06 bits per heavy atom. The van der Waals surface area contributed by atoms with Crippen molar-refractivity contribution in [3.63, 3.8) is 0 Å². The number of hydrogen-bond acceptors (Lipinski definition) is 8. The zero-order chi connectivity index (χ0) is 36.3. The molecule has 3 aromatic rings. The van der Waals surface area contributed by atoms with Crippen LogP contribution in [0, 0.1) is 16.7 Å². The summed E-state index contributed by atoms with van der Waals surface area (Å²) >= 11 is 6.27. The average Bonchev–Trinajstić information content (AvgIpc) is 3.90. The standard InChI is InChI=1S/C28H21ClF8N6O6/c1-41-20(18(27(32,33)34)19(40-41)26(30,31)28(35,36)37)43-10-15(9-39-43)14-2-3-17(29)16(8-14)21(44)42(25(11-38)6-7-25)13-49-23(47)48-12-24(4-5-24)22(45)46/h2-3,8-10H,4-7,12-13H2,1H3,(H,45,46). The van der Waals surface area contributed by atoms with E-state index < -0.39 is 77.7 Å². The number of nitrogens with zero attached hydrogens (tertiary/aromatic N) is 6. The summed E-state index contributed by atoms with van der Waals surface area (Å²) in [5.41, 5.74) is -7.86. The van der Waals surface area contributed by atoms with Gasteiger partial charge in [0.25, 0.3) is 5.91 Å². The minimum atomic E-state index is -6.40. The van der Waals surface area contributed by atoms with Gasteiger partial charge in [-0.15, -0.1) is 0 Å². The van der Waals surface area contributed by atoms with Gasteiger partial charge in [0.15, 0.2) is 18.2 Å². The molecule has 12 nitrogen and oxygen atoms in total. The normalized spacial score (nSPS) is 16.4. The van der Waals surface area contributed by atoms with Crippen molar-refractivity contribution < 1.29 is 64.1 Å².